The van der Waals surface area contributed by atoms with Crippen LogP contribution in [-0.4, -0.2) is 44.8 Å². The van der Waals surface area contributed by atoms with Gasteiger partial charge < -0.3 is 14.8 Å². The Morgan fingerprint density at radius 2 is 2.14 bits per heavy atom. The standard InChI is InChI=1S/C17H26N2O2/c1-20-16-6-5-14(17-12-18-7-10-21-17)11-15(16)13-19-8-3-2-4-9-19/h5-6,11,17-18H,2-4,7-10,12-13H2,1H3. The van der Waals surface area contributed by atoms with Crippen molar-refractivity contribution in [3.05, 3.63) is 29.3 Å². The number of morpholine rings is 1. The van der Waals surface area contributed by atoms with Gasteiger partial charge in [-0.1, -0.05) is 12.5 Å². The first-order valence-electron chi connectivity index (χ1n) is 8.08. The molecule has 2 saturated heterocycles. The highest BCUT2D eigenvalue weighted by atomic mass is 16.5. The molecule has 1 atom stereocenters. The highest BCUT2D eigenvalue weighted by molar-refractivity contribution is 5.38. The third-order valence-electron chi connectivity index (χ3n) is 4.45. The lowest BCUT2D eigenvalue weighted by molar-refractivity contribution is 0.0276. The number of piperidine rings is 1. The van der Waals surface area contributed by atoms with Crippen LogP contribution in [0.1, 0.15) is 36.5 Å². The summed E-state index contributed by atoms with van der Waals surface area (Å²) >= 11 is 0. The lowest BCUT2D eigenvalue weighted by atomic mass is 10.0. The molecule has 0 aromatic heterocycles. The Morgan fingerprint density at radius 1 is 1.29 bits per heavy atom. The summed E-state index contributed by atoms with van der Waals surface area (Å²) in [5.41, 5.74) is 2.54. The van der Waals surface area contributed by atoms with E-state index in [0.717, 1.165) is 32.0 Å². The first kappa shape index (κ1) is 14.8. The summed E-state index contributed by atoms with van der Waals surface area (Å²) in [6, 6.07) is 6.49. The van der Waals surface area contributed by atoms with E-state index in [1.54, 1.807) is 7.11 Å². The maximum Gasteiger partial charge on any atom is 0.123 e. The van der Waals surface area contributed by atoms with Crippen molar-refractivity contribution in [2.45, 2.75) is 31.9 Å². The number of methoxy groups -OCH3 is 1. The molecular formula is C17H26N2O2. The van der Waals surface area contributed by atoms with Gasteiger partial charge in [-0.15, -0.1) is 0 Å². The fraction of sp³-hybridized carbons (Fsp3) is 0.647. The molecule has 116 valence electrons. The van der Waals surface area contributed by atoms with E-state index in [2.05, 4.69) is 28.4 Å². The molecule has 2 heterocycles. The zero-order valence-electron chi connectivity index (χ0n) is 12.9. The molecule has 0 amide bonds. The van der Waals surface area contributed by atoms with Crippen LogP contribution in [0.25, 0.3) is 0 Å². The molecule has 0 saturated carbocycles. The van der Waals surface area contributed by atoms with Gasteiger partial charge in [0.25, 0.3) is 0 Å². The maximum absolute atomic E-state index is 5.87. The average Bonchev–Trinajstić information content (AvgIpc) is 2.56. The van der Waals surface area contributed by atoms with Crippen LogP contribution in [-0.2, 0) is 11.3 Å². The number of nitrogens with one attached hydrogen (secondary N) is 1. The van der Waals surface area contributed by atoms with Crippen molar-refractivity contribution in [1.82, 2.24) is 10.2 Å². The van der Waals surface area contributed by atoms with E-state index in [1.165, 1.54) is 43.5 Å². The van der Waals surface area contributed by atoms with Crippen molar-refractivity contribution >= 4 is 0 Å². The minimum Gasteiger partial charge on any atom is -0.496 e. The Morgan fingerprint density at radius 3 is 2.86 bits per heavy atom. The van der Waals surface area contributed by atoms with E-state index in [1.807, 2.05) is 0 Å². The van der Waals surface area contributed by atoms with Crippen LogP contribution in [0.15, 0.2) is 18.2 Å². The Labute approximate surface area is 127 Å². The number of likely N-dealkylation sites (tertiary alicyclic amines) is 1. The summed E-state index contributed by atoms with van der Waals surface area (Å²) in [6.07, 6.45) is 4.18. The second-order valence-corrected chi connectivity index (χ2v) is 5.97. The van der Waals surface area contributed by atoms with Crippen molar-refractivity contribution in [1.29, 1.82) is 0 Å². The van der Waals surface area contributed by atoms with Gasteiger partial charge in [0.1, 0.15) is 5.75 Å². The van der Waals surface area contributed by atoms with E-state index < -0.39 is 0 Å². The Kier molecular flexibility index (Phi) is 5.12. The molecule has 3 rings (SSSR count). The minimum absolute atomic E-state index is 0.171. The molecule has 1 aromatic rings. The average molecular weight is 290 g/mol. The molecule has 2 aliphatic heterocycles. The highest BCUT2D eigenvalue weighted by Gasteiger charge is 2.19. The second-order valence-electron chi connectivity index (χ2n) is 5.97. The van der Waals surface area contributed by atoms with Crippen LogP contribution in [0.5, 0.6) is 5.75 Å². The van der Waals surface area contributed by atoms with Gasteiger partial charge in [0.2, 0.25) is 0 Å². The summed E-state index contributed by atoms with van der Waals surface area (Å²) < 4.78 is 11.4. The van der Waals surface area contributed by atoms with Gasteiger partial charge >= 0.3 is 0 Å². The topological polar surface area (TPSA) is 33.7 Å². The molecule has 2 fully saturated rings. The summed E-state index contributed by atoms with van der Waals surface area (Å²) in [6.45, 7) is 6.03. The molecule has 4 heteroatoms. The first-order chi connectivity index (χ1) is 10.4. The van der Waals surface area contributed by atoms with Crippen LogP contribution in [0.2, 0.25) is 0 Å². The predicted molar refractivity (Wildman–Crippen MR) is 83.7 cm³/mol. The van der Waals surface area contributed by atoms with Crippen molar-refractivity contribution in [3.63, 3.8) is 0 Å². The maximum atomic E-state index is 5.87. The summed E-state index contributed by atoms with van der Waals surface area (Å²) in [7, 11) is 1.76. The molecule has 0 aliphatic carbocycles. The van der Waals surface area contributed by atoms with Crippen LogP contribution >= 0.6 is 0 Å². The fourth-order valence-corrected chi connectivity index (χ4v) is 3.26. The summed E-state index contributed by atoms with van der Waals surface area (Å²) in [5, 5.41) is 3.40. The number of benzene rings is 1. The Hall–Kier alpha value is -1.10. The zero-order chi connectivity index (χ0) is 14.5. The van der Waals surface area contributed by atoms with Crippen LogP contribution in [0.3, 0.4) is 0 Å². The first-order valence-corrected chi connectivity index (χ1v) is 8.08. The molecule has 21 heavy (non-hydrogen) atoms. The van der Waals surface area contributed by atoms with Gasteiger partial charge in [-0.05, 0) is 43.6 Å². The highest BCUT2D eigenvalue weighted by Crippen LogP contribution is 2.27. The summed E-state index contributed by atoms with van der Waals surface area (Å²) in [4.78, 5) is 2.53. The molecule has 0 radical (unpaired) electrons. The second kappa shape index (κ2) is 7.25. The summed E-state index contributed by atoms with van der Waals surface area (Å²) in [5.74, 6) is 0.994. The zero-order valence-corrected chi connectivity index (χ0v) is 12.9. The quantitative estimate of drug-likeness (QED) is 0.923. The number of hydrogen-bond acceptors (Lipinski definition) is 4. The Balaban J connectivity index is 1.75. The van der Waals surface area contributed by atoms with Gasteiger partial charge in [-0.2, -0.15) is 0 Å². The molecule has 2 aliphatic rings. The lowest BCUT2D eigenvalue weighted by Gasteiger charge is -2.28. The van der Waals surface area contributed by atoms with E-state index in [-0.39, 0.29) is 6.10 Å². The molecule has 1 aromatic carbocycles. The molecule has 0 bridgehead atoms. The molecular weight excluding hydrogens is 264 g/mol. The third-order valence-corrected chi connectivity index (χ3v) is 4.45. The smallest absolute Gasteiger partial charge is 0.123 e. The van der Waals surface area contributed by atoms with E-state index in [9.17, 15) is 0 Å². The Bertz CT molecular complexity index is 452. The van der Waals surface area contributed by atoms with E-state index in [4.69, 9.17) is 9.47 Å². The molecule has 1 N–H and O–H groups in total. The lowest BCUT2D eigenvalue weighted by Crippen LogP contribution is -2.33. The SMILES string of the molecule is COc1ccc(C2CNCCO2)cc1CN1CCCCC1. The van der Waals surface area contributed by atoms with Crippen molar-refractivity contribution in [2.75, 3.05) is 39.9 Å². The molecule has 4 nitrogen and oxygen atoms in total. The molecule has 1 unspecified atom stereocenters. The van der Waals surface area contributed by atoms with Gasteiger partial charge in [0, 0.05) is 25.2 Å². The van der Waals surface area contributed by atoms with Crippen LogP contribution < -0.4 is 10.1 Å². The van der Waals surface area contributed by atoms with Gasteiger partial charge in [-0.3, -0.25) is 4.90 Å². The third kappa shape index (κ3) is 3.76. The number of hydrogen-bond donors (Lipinski definition) is 1. The molecule has 0 spiro atoms. The number of nitrogens with zero attached hydrogens (tertiary/aromatic N) is 1. The van der Waals surface area contributed by atoms with E-state index in [0.29, 0.717) is 0 Å². The van der Waals surface area contributed by atoms with Crippen molar-refractivity contribution < 1.29 is 9.47 Å². The van der Waals surface area contributed by atoms with Gasteiger partial charge in [-0.25, -0.2) is 0 Å². The van der Waals surface area contributed by atoms with Crippen LogP contribution in [0.4, 0.5) is 0 Å². The van der Waals surface area contributed by atoms with Crippen LogP contribution in [0, 0.1) is 0 Å². The van der Waals surface area contributed by atoms with Crippen molar-refractivity contribution in [2.24, 2.45) is 0 Å². The van der Waals surface area contributed by atoms with Crippen molar-refractivity contribution in [3.8, 4) is 5.75 Å². The largest absolute Gasteiger partial charge is 0.496 e. The predicted octanol–water partition coefficient (Wildman–Crippen LogP) is 2.34. The normalized spacial score (nSPS) is 24.0. The van der Waals surface area contributed by atoms with E-state index >= 15 is 0 Å². The monoisotopic (exact) mass is 290 g/mol. The fourth-order valence-electron chi connectivity index (χ4n) is 3.26. The van der Waals surface area contributed by atoms with Gasteiger partial charge in [0.05, 0.1) is 19.8 Å². The number of rotatable bonds is 4. The number of ether oxygens (including phenoxy) is 2. The van der Waals surface area contributed by atoms with Gasteiger partial charge in [0.15, 0.2) is 0 Å². The minimum atomic E-state index is 0.171.